The summed E-state index contributed by atoms with van der Waals surface area (Å²) in [6.07, 6.45) is 1.11. The minimum Gasteiger partial charge on any atom is -0.0622 e. The Bertz CT molecular complexity index is 4520. The molecule has 1 aliphatic carbocycles. The third-order valence-electron chi connectivity index (χ3n) is 18.2. The quantitative estimate of drug-likeness (QED) is 0.156. The summed E-state index contributed by atoms with van der Waals surface area (Å²) in [4.78, 5) is 0. The highest BCUT2D eigenvalue weighted by molar-refractivity contribution is 6.06. The number of hydrogen-bond acceptors (Lipinski definition) is 0. The molecular formula is C90H90. The predicted octanol–water partition coefficient (Wildman–Crippen LogP) is 25.0. The third kappa shape index (κ3) is 13.9. The summed E-state index contributed by atoms with van der Waals surface area (Å²) in [6.45, 7) is 30.8. The van der Waals surface area contributed by atoms with Gasteiger partial charge in [0.2, 0.25) is 0 Å². The molecule has 14 rings (SSSR count). The van der Waals surface area contributed by atoms with Crippen molar-refractivity contribution in [2.45, 2.75) is 120 Å². The first-order valence-electron chi connectivity index (χ1n) is 32.4. The topological polar surface area (TPSA) is 0 Å². The Labute approximate surface area is 539 Å². The van der Waals surface area contributed by atoms with Crippen LogP contribution in [0.5, 0.6) is 0 Å². The van der Waals surface area contributed by atoms with Crippen molar-refractivity contribution in [3.05, 3.63) is 356 Å². The molecule has 0 unspecified atom stereocenters. The van der Waals surface area contributed by atoms with Crippen molar-refractivity contribution >= 4 is 32.3 Å². The minimum absolute atomic E-state index is 0.285. The smallest absolute Gasteiger partial charge is 0.0622 e. The van der Waals surface area contributed by atoms with Crippen LogP contribution in [0.2, 0.25) is 0 Å². The van der Waals surface area contributed by atoms with Gasteiger partial charge in [0.05, 0.1) is 5.41 Å². The Morgan fingerprint density at radius 3 is 1.28 bits per heavy atom. The van der Waals surface area contributed by atoms with E-state index in [1.165, 1.54) is 149 Å². The van der Waals surface area contributed by atoms with E-state index in [1.807, 2.05) is 18.2 Å². The largest absolute Gasteiger partial charge is 0.0714 e. The zero-order chi connectivity index (χ0) is 63.7. The highest BCUT2D eigenvalue weighted by Crippen LogP contribution is 2.59. The maximum Gasteiger partial charge on any atom is 0.0714 e. The lowest BCUT2D eigenvalue weighted by molar-refractivity contribution is 0.590. The number of fused-ring (bicyclic) bond motifs is 7. The van der Waals surface area contributed by atoms with Crippen LogP contribution < -0.4 is 0 Å². The summed E-state index contributed by atoms with van der Waals surface area (Å²) in [6, 6.07) is 99.8. The van der Waals surface area contributed by atoms with Gasteiger partial charge in [0.25, 0.3) is 0 Å². The molecule has 0 heteroatoms. The molecule has 0 saturated heterocycles. The summed E-state index contributed by atoms with van der Waals surface area (Å²) >= 11 is 0. The summed E-state index contributed by atoms with van der Waals surface area (Å²) in [5.74, 6) is 0.597. The molecule has 0 aromatic heterocycles. The third-order valence-corrected chi connectivity index (χ3v) is 18.2. The Kier molecular flexibility index (Phi) is 19.8. The Balaban J connectivity index is 0.000000144. The average Bonchev–Trinajstić information content (AvgIpc) is 1.51. The molecule has 0 saturated carbocycles. The first-order chi connectivity index (χ1) is 43.3. The number of benzene rings is 13. The van der Waals surface area contributed by atoms with E-state index in [0.29, 0.717) is 5.92 Å². The second-order valence-electron chi connectivity index (χ2n) is 26.2. The highest BCUT2D eigenvalue weighted by Gasteiger charge is 2.47. The van der Waals surface area contributed by atoms with E-state index >= 15 is 0 Å². The van der Waals surface area contributed by atoms with Gasteiger partial charge in [-0.1, -0.05) is 319 Å². The molecule has 0 radical (unpaired) electrons. The summed E-state index contributed by atoms with van der Waals surface area (Å²) in [5.41, 5.74) is 28.3. The van der Waals surface area contributed by atoms with Crippen LogP contribution in [0.1, 0.15) is 131 Å². The van der Waals surface area contributed by atoms with Gasteiger partial charge in [-0.15, -0.1) is 0 Å². The molecule has 13 aromatic rings. The van der Waals surface area contributed by atoms with Gasteiger partial charge >= 0.3 is 0 Å². The predicted molar refractivity (Wildman–Crippen MR) is 393 cm³/mol. The van der Waals surface area contributed by atoms with Gasteiger partial charge in [-0.2, -0.15) is 0 Å². The normalized spacial score (nSPS) is 11.9. The van der Waals surface area contributed by atoms with Crippen molar-refractivity contribution in [2.24, 2.45) is 0 Å². The summed E-state index contributed by atoms with van der Waals surface area (Å²) in [5, 5.41) is 7.75. The molecule has 0 spiro atoms. The monoisotopic (exact) mass is 1170 g/mol. The van der Waals surface area contributed by atoms with Gasteiger partial charge < -0.3 is 0 Å². The first kappa shape index (κ1) is 63.7. The Hall–Kier alpha value is -9.36. The second kappa shape index (κ2) is 28.0. The standard InChI is InChI=1S/C39H28.C17H20.C16H18.C11H16.C7H8/c1-25-15-20-35-36(21-25)39(31-18-16-27-9-3-5-11-29(27)23-31,32-19-17-28-10-4-6-12-30(28)24-32)37-22-26(2)33-13-7-8-14-34(33)38(35)37;1-12(2)15-9-10-17(14(4)11-15)16-8-6-5-7-13(16)3;1-4-14-9-10-16(13(3)11-14)15-8-6-5-7-12(15)2;1-9-5-7-10(8-6-9)11(2,3)4;1-7-5-3-2-4-6-7/h3-24H,1-2H3;5-12H,1-4H3;5-11H,4H2,1-3H3;5-8H,1-4H3;2-6H,1H3. The Morgan fingerprint density at radius 1 is 0.322 bits per heavy atom. The van der Waals surface area contributed by atoms with Crippen molar-refractivity contribution in [1.29, 1.82) is 0 Å². The van der Waals surface area contributed by atoms with Crippen LogP contribution in [-0.4, -0.2) is 0 Å². The van der Waals surface area contributed by atoms with Gasteiger partial charge in [-0.25, -0.2) is 0 Å². The molecule has 0 fully saturated rings. The maximum atomic E-state index is 2.47. The van der Waals surface area contributed by atoms with Crippen LogP contribution in [0.15, 0.2) is 273 Å². The van der Waals surface area contributed by atoms with E-state index in [1.54, 1.807) is 0 Å². The van der Waals surface area contributed by atoms with E-state index < -0.39 is 5.41 Å². The lowest BCUT2D eigenvalue weighted by Crippen LogP contribution is -2.29. The van der Waals surface area contributed by atoms with Gasteiger partial charge in [-0.3, -0.25) is 0 Å². The molecule has 0 bridgehead atoms. The number of rotatable bonds is 6. The zero-order valence-electron chi connectivity index (χ0n) is 55.8. The second-order valence-corrected chi connectivity index (χ2v) is 26.2. The van der Waals surface area contributed by atoms with Crippen molar-refractivity contribution in [3.8, 4) is 33.4 Å². The van der Waals surface area contributed by atoms with Crippen molar-refractivity contribution in [2.75, 3.05) is 0 Å². The molecule has 0 heterocycles. The molecule has 0 atom stereocenters. The molecule has 0 N–H and O–H groups in total. The molecule has 13 aromatic carbocycles. The molecular weight excluding hydrogens is 1080 g/mol. The van der Waals surface area contributed by atoms with E-state index in [0.717, 1.165) is 6.42 Å². The molecule has 0 nitrogen and oxygen atoms in total. The summed E-state index contributed by atoms with van der Waals surface area (Å²) in [7, 11) is 0. The van der Waals surface area contributed by atoms with E-state index in [-0.39, 0.29) is 5.41 Å². The fraction of sp³-hybridized carbons (Fsp3) is 0.200. The fourth-order valence-electron chi connectivity index (χ4n) is 13.0. The van der Waals surface area contributed by atoms with Crippen LogP contribution in [0.25, 0.3) is 65.7 Å². The highest BCUT2D eigenvalue weighted by atomic mass is 14.5. The van der Waals surface area contributed by atoms with Gasteiger partial charge in [0.1, 0.15) is 0 Å². The molecule has 450 valence electrons. The van der Waals surface area contributed by atoms with Gasteiger partial charge in [0.15, 0.2) is 0 Å². The van der Waals surface area contributed by atoms with E-state index in [4.69, 9.17) is 0 Å². The fourth-order valence-corrected chi connectivity index (χ4v) is 13.0. The minimum atomic E-state index is -0.431. The van der Waals surface area contributed by atoms with Crippen LogP contribution >= 0.6 is 0 Å². The maximum absolute atomic E-state index is 2.47. The lowest BCUT2D eigenvalue weighted by atomic mass is 9.66. The van der Waals surface area contributed by atoms with E-state index in [2.05, 4.69) is 352 Å². The van der Waals surface area contributed by atoms with Crippen LogP contribution in [0, 0.1) is 55.4 Å². The first-order valence-corrected chi connectivity index (χ1v) is 32.4. The lowest BCUT2D eigenvalue weighted by Gasteiger charge is -2.35. The molecule has 90 heavy (non-hydrogen) atoms. The SMILES string of the molecule is CCc1ccc(-c2ccccc2C)c(C)c1.Cc1ccc(C(C)(C)C)cc1.Cc1ccc2c(c1)C(c1ccc3ccccc3c1)(c1ccc3ccccc3c1)c1cc(C)c3ccccc3c1-2.Cc1ccccc1.Cc1ccccc1-c1ccc(C(C)C)cc1C. The van der Waals surface area contributed by atoms with Crippen molar-refractivity contribution in [3.63, 3.8) is 0 Å². The Morgan fingerprint density at radius 2 is 0.778 bits per heavy atom. The zero-order valence-corrected chi connectivity index (χ0v) is 55.8. The number of aryl methyl sites for hydroxylation is 9. The van der Waals surface area contributed by atoms with E-state index in [9.17, 15) is 0 Å². The van der Waals surface area contributed by atoms with Crippen molar-refractivity contribution < 1.29 is 0 Å². The van der Waals surface area contributed by atoms with Crippen molar-refractivity contribution in [1.82, 2.24) is 0 Å². The van der Waals surface area contributed by atoms with Crippen LogP contribution in [-0.2, 0) is 17.3 Å². The summed E-state index contributed by atoms with van der Waals surface area (Å²) < 4.78 is 0. The number of hydrogen-bond donors (Lipinski definition) is 0. The molecule has 0 amide bonds. The van der Waals surface area contributed by atoms with Crippen LogP contribution in [0.3, 0.4) is 0 Å². The molecule has 0 aliphatic heterocycles. The van der Waals surface area contributed by atoms with Crippen LogP contribution in [0.4, 0.5) is 0 Å². The molecule has 1 aliphatic rings. The van der Waals surface area contributed by atoms with Gasteiger partial charge in [0, 0.05) is 0 Å². The average molecular weight is 1170 g/mol. The van der Waals surface area contributed by atoms with Gasteiger partial charge in [-0.05, 0) is 218 Å².